The molecular weight excluding hydrogens is 212 g/mol. The molecule has 0 saturated carbocycles. The summed E-state index contributed by atoms with van der Waals surface area (Å²) in [6, 6.07) is 0.293. The minimum atomic E-state index is 0.00574. The Labute approximate surface area is 104 Å². The summed E-state index contributed by atoms with van der Waals surface area (Å²) in [6.07, 6.45) is 3.73. The molecule has 17 heavy (non-hydrogen) atoms. The van der Waals surface area contributed by atoms with Gasteiger partial charge in [-0.1, -0.05) is 18.2 Å². The predicted octanol–water partition coefficient (Wildman–Crippen LogP) is 1.89. The Hall–Kier alpha value is -1.35. The number of nitrogens with one attached hydrogen (secondary N) is 1. The first-order valence-electron chi connectivity index (χ1n) is 5.94. The Morgan fingerprint density at radius 3 is 2.41 bits per heavy atom. The molecule has 0 unspecified atom stereocenters. The van der Waals surface area contributed by atoms with Crippen LogP contribution >= 0.6 is 0 Å². The average Bonchev–Trinajstić information content (AvgIpc) is 2.22. The van der Waals surface area contributed by atoms with Crippen molar-refractivity contribution in [2.24, 2.45) is 0 Å². The highest BCUT2D eigenvalue weighted by Gasteiger charge is 2.25. The van der Waals surface area contributed by atoms with Crippen molar-refractivity contribution in [3.8, 4) is 0 Å². The smallest absolute Gasteiger partial charge is 0.251 e. The van der Waals surface area contributed by atoms with Crippen LogP contribution in [0.15, 0.2) is 35.5 Å². The third-order valence-corrected chi connectivity index (χ3v) is 3.02. The van der Waals surface area contributed by atoms with Crippen molar-refractivity contribution < 1.29 is 4.79 Å². The number of hydrogen-bond acceptors (Lipinski definition) is 2. The molecule has 0 spiro atoms. The second-order valence-corrected chi connectivity index (χ2v) is 4.74. The third-order valence-electron chi connectivity index (χ3n) is 3.02. The summed E-state index contributed by atoms with van der Waals surface area (Å²) in [4.78, 5) is 14.1. The zero-order chi connectivity index (χ0) is 13.0. The molecule has 0 bridgehead atoms. The van der Waals surface area contributed by atoms with Crippen LogP contribution in [0.3, 0.4) is 0 Å². The monoisotopic (exact) mass is 234 g/mol. The fourth-order valence-electron chi connectivity index (χ4n) is 1.70. The van der Waals surface area contributed by atoms with Crippen LogP contribution in [-0.2, 0) is 4.79 Å². The molecule has 0 aromatic rings. The van der Waals surface area contributed by atoms with Gasteiger partial charge in [0, 0.05) is 18.7 Å². The Balaban J connectivity index is 2.59. The molecule has 3 heteroatoms. The van der Waals surface area contributed by atoms with Crippen LogP contribution in [0.25, 0.3) is 0 Å². The zero-order valence-corrected chi connectivity index (χ0v) is 11.2. The van der Waals surface area contributed by atoms with Gasteiger partial charge in [0.2, 0.25) is 0 Å². The van der Waals surface area contributed by atoms with E-state index >= 15 is 0 Å². The number of likely N-dealkylation sites (N-methyl/N-ethyl adjacent to an activating group) is 1. The summed E-state index contributed by atoms with van der Waals surface area (Å²) in [5.74, 6) is 0.00574. The second-order valence-electron chi connectivity index (χ2n) is 4.74. The van der Waals surface area contributed by atoms with Gasteiger partial charge in [-0.25, -0.2) is 0 Å². The Kier molecular flexibility index (Phi) is 4.70. The van der Waals surface area contributed by atoms with Crippen molar-refractivity contribution in [2.75, 3.05) is 20.1 Å². The largest absolute Gasteiger partial charge is 0.347 e. The van der Waals surface area contributed by atoms with Crippen LogP contribution in [0.1, 0.15) is 20.8 Å². The van der Waals surface area contributed by atoms with Crippen molar-refractivity contribution >= 4 is 5.91 Å². The molecule has 94 valence electrons. The summed E-state index contributed by atoms with van der Waals surface area (Å²) >= 11 is 0. The standard InChI is InChI=1S/C14H22N2O/c1-6-12(7-11(4)10(2)3)14(17)15-13-8-16(5)9-13/h6-7,13H,2,8-9H2,1,3-5H3,(H,15,17)/b11-7-,12-6+. The SMILES string of the molecule is C=C(C)/C(C)=C\C(=C/C)C(=O)NC1CN(C)C1. The highest BCUT2D eigenvalue weighted by molar-refractivity contribution is 5.96. The summed E-state index contributed by atoms with van der Waals surface area (Å²) < 4.78 is 0. The van der Waals surface area contributed by atoms with Crippen molar-refractivity contribution in [1.29, 1.82) is 0 Å². The van der Waals surface area contributed by atoms with Gasteiger partial charge in [0.15, 0.2) is 0 Å². The minimum absolute atomic E-state index is 0.00574. The normalized spacial score (nSPS) is 18.8. The van der Waals surface area contributed by atoms with Gasteiger partial charge in [-0.05, 0) is 39.5 Å². The van der Waals surface area contributed by atoms with Crippen LogP contribution < -0.4 is 5.32 Å². The molecule has 0 aliphatic carbocycles. The van der Waals surface area contributed by atoms with Crippen molar-refractivity contribution in [3.05, 3.63) is 35.5 Å². The van der Waals surface area contributed by atoms with E-state index in [1.807, 2.05) is 40.0 Å². The minimum Gasteiger partial charge on any atom is -0.347 e. The molecule has 1 aliphatic rings. The van der Waals surface area contributed by atoms with E-state index in [1.54, 1.807) is 0 Å². The summed E-state index contributed by atoms with van der Waals surface area (Å²) in [5, 5.41) is 3.02. The maximum Gasteiger partial charge on any atom is 0.251 e. The van der Waals surface area contributed by atoms with Gasteiger partial charge in [0.05, 0.1) is 6.04 Å². The van der Waals surface area contributed by atoms with Crippen LogP contribution in [0, 0.1) is 0 Å². The van der Waals surface area contributed by atoms with Gasteiger partial charge in [-0.15, -0.1) is 0 Å². The number of nitrogens with zero attached hydrogens (tertiary/aromatic N) is 1. The number of allylic oxidation sites excluding steroid dienone is 3. The summed E-state index contributed by atoms with van der Waals surface area (Å²) in [5.41, 5.74) is 2.74. The Bertz CT molecular complexity index is 374. The number of carbonyl (C=O) groups excluding carboxylic acids is 1. The van der Waals surface area contributed by atoms with Gasteiger partial charge in [0.25, 0.3) is 5.91 Å². The van der Waals surface area contributed by atoms with Crippen molar-refractivity contribution in [2.45, 2.75) is 26.8 Å². The molecular formula is C14H22N2O. The molecule has 1 saturated heterocycles. The van der Waals surface area contributed by atoms with Gasteiger partial charge in [0.1, 0.15) is 0 Å². The van der Waals surface area contributed by atoms with Gasteiger partial charge < -0.3 is 10.2 Å². The number of carbonyl (C=O) groups is 1. The molecule has 0 aromatic carbocycles. The molecule has 1 rings (SSSR count). The van der Waals surface area contributed by atoms with E-state index in [2.05, 4.69) is 16.8 Å². The average molecular weight is 234 g/mol. The topological polar surface area (TPSA) is 32.3 Å². The molecule has 0 aromatic heterocycles. The lowest BCUT2D eigenvalue weighted by Crippen LogP contribution is -2.57. The van der Waals surface area contributed by atoms with E-state index in [-0.39, 0.29) is 5.91 Å². The molecule has 0 radical (unpaired) electrons. The highest BCUT2D eigenvalue weighted by atomic mass is 16.1. The predicted molar refractivity (Wildman–Crippen MR) is 71.8 cm³/mol. The number of amides is 1. The van der Waals surface area contributed by atoms with E-state index < -0.39 is 0 Å². The lowest BCUT2D eigenvalue weighted by atomic mass is 10.1. The van der Waals surface area contributed by atoms with Crippen LogP contribution in [0.2, 0.25) is 0 Å². The first-order valence-corrected chi connectivity index (χ1v) is 5.94. The van der Waals surface area contributed by atoms with Crippen LogP contribution in [0.5, 0.6) is 0 Å². The molecule has 1 heterocycles. The first kappa shape index (κ1) is 13.7. The lowest BCUT2D eigenvalue weighted by molar-refractivity contribution is -0.118. The van der Waals surface area contributed by atoms with E-state index in [0.29, 0.717) is 11.6 Å². The van der Waals surface area contributed by atoms with E-state index in [1.165, 1.54) is 0 Å². The Morgan fingerprint density at radius 2 is 2.00 bits per heavy atom. The molecule has 0 atom stereocenters. The fraction of sp³-hybridized carbons (Fsp3) is 0.500. The van der Waals surface area contributed by atoms with Gasteiger partial charge in [-0.2, -0.15) is 0 Å². The maximum atomic E-state index is 12.0. The van der Waals surface area contributed by atoms with Gasteiger partial charge >= 0.3 is 0 Å². The summed E-state index contributed by atoms with van der Waals surface area (Å²) in [6.45, 7) is 11.5. The second kappa shape index (κ2) is 5.82. The molecule has 1 aliphatic heterocycles. The van der Waals surface area contributed by atoms with Gasteiger partial charge in [-0.3, -0.25) is 4.79 Å². The summed E-state index contributed by atoms with van der Waals surface area (Å²) in [7, 11) is 2.05. The molecule has 1 amide bonds. The van der Waals surface area contributed by atoms with E-state index in [0.717, 1.165) is 24.2 Å². The van der Waals surface area contributed by atoms with E-state index in [9.17, 15) is 4.79 Å². The quantitative estimate of drug-likeness (QED) is 0.595. The van der Waals surface area contributed by atoms with Crippen molar-refractivity contribution in [1.82, 2.24) is 10.2 Å². The number of likely N-dealkylation sites (tertiary alicyclic amines) is 1. The maximum absolute atomic E-state index is 12.0. The third kappa shape index (κ3) is 3.86. The van der Waals surface area contributed by atoms with Crippen LogP contribution in [0.4, 0.5) is 0 Å². The van der Waals surface area contributed by atoms with Crippen LogP contribution in [-0.4, -0.2) is 37.0 Å². The lowest BCUT2D eigenvalue weighted by Gasteiger charge is -2.36. The van der Waals surface area contributed by atoms with E-state index in [4.69, 9.17) is 0 Å². The van der Waals surface area contributed by atoms with Crippen molar-refractivity contribution in [3.63, 3.8) is 0 Å². The number of rotatable bonds is 4. The highest BCUT2D eigenvalue weighted by Crippen LogP contribution is 2.11. The molecule has 1 N–H and O–H groups in total. The first-order chi connectivity index (χ1) is 7.93. The Morgan fingerprint density at radius 1 is 1.41 bits per heavy atom. The molecule has 3 nitrogen and oxygen atoms in total. The number of hydrogen-bond donors (Lipinski definition) is 1. The fourth-order valence-corrected chi connectivity index (χ4v) is 1.70. The zero-order valence-electron chi connectivity index (χ0n) is 11.2. The molecule has 1 fully saturated rings.